The summed E-state index contributed by atoms with van der Waals surface area (Å²) in [4.78, 5) is 35.8. The van der Waals surface area contributed by atoms with E-state index in [0.717, 1.165) is 23.0 Å². The van der Waals surface area contributed by atoms with Gasteiger partial charge >= 0.3 is 12.1 Å². The summed E-state index contributed by atoms with van der Waals surface area (Å²) < 4.78 is 48.2. The first-order valence-corrected chi connectivity index (χ1v) is 13.3. The van der Waals surface area contributed by atoms with Crippen LogP contribution in [0.1, 0.15) is 48.7 Å². The van der Waals surface area contributed by atoms with Gasteiger partial charge in [0.05, 0.1) is 24.1 Å². The molecule has 206 valence electrons. The van der Waals surface area contributed by atoms with Crippen molar-refractivity contribution in [2.75, 3.05) is 6.54 Å². The number of rotatable bonds is 8. The summed E-state index contributed by atoms with van der Waals surface area (Å²) in [5, 5.41) is 4.50. The predicted octanol–water partition coefficient (Wildman–Crippen LogP) is 5.52. The molecule has 3 heterocycles. The molecule has 0 fully saturated rings. The number of allylic oxidation sites excluding steroid dienone is 1. The van der Waals surface area contributed by atoms with E-state index in [-0.39, 0.29) is 17.5 Å². The molecule has 0 unspecified atom stereocenters. The van der Waals surface area contributed by atoms with Gasteiger partial charge in [-0.3, -0.25) is 9.78 Å². The molecule has 1 aromatic carbocycles. The number of nitrogens with zero attached hydrogens (tertiary/aromatic N) is 3. The van der Waals surface area contributed by atoms with Crippen LogP contribution in [0.2, 0.25) is 0 Å². The Kier molecular flexibility index (Phi) is 8.48. The molecule has 4 rings (SSSR count). The number of benzene rings is 1. The zero-order chi connectivity index (χ0) is 28.3. The third-order valence-corrected chi connectivity index (χ3v) is 7.03. The molecular formula is C28H29F3N4O3S. The molecule has 39 heavy (non-hydrogen) atoms. The first-order valence-electron chi connectivity index (χ1n) is 12.5. The number of aliphatic imine (C=N–C) groups is 1. The molecule has 0 radical (unpaired) electrons. The van der Waals surface area contributed by atoms with Crippen LogP contribution < -0.4 is 5.32 Å². The molecule has 1 aromatic heterocycles. The number of pyridine rings is 1. The van der Waals surface area contributed by atoms with Crippen LogP contribution in [0, 0.1) is 13.8 Å². The van der Waals surface area contributed by atoms with Gasteiger partial charge in [0.1, 0.15) is 0 Å². The standard InChI is InChI=1S/C28H29F3N4O3S/c1-16(2)38-26(37)23-24(21-13-17(3)8-9-18(21)4)35-20(15-39-27(35)34-25(23)28(29,30)31)14-22(36)33-12-10-19-7-5-6-11-32-19/h5-9,11,13,15-16,24H,10,12,14H2,1-4H3,(H,33,36)/t24-/m0/s1. The van der Waals surface area contributed by atoms with Gasteiger partial charge < -0.3 is 15.0 Å². The van der Waals surface area contributed by atoms with Gasteiger partial charge in [-0.05, 0) is 56.4 Å². The summed E-state index contributed by atoms with van der Waals surface area (Å²) in [6.45, 7) is 7.09. The molecule has 2 aliphatic heterocycles. The fraction of sp³-hybridized carbons (Fsp3) is 0.357. The van der Waals surface area contributed by atoms with E-state index in [1.54, 1.807) is 55.5 Å². The summed E-state index contributed by atoms with van der Waals surface area (Å²) in [7, 11) is 0. The van der Waals surface area contributed by atoms with Crippen molar-refractivity contribution in [1.82, 2.24) is 15.2 Å². The van der Waals surface area contributed by atoms with E-state index in [0.29, 0.717) is 29.8 Å². The lowest BCUT2D eigenvalue weighted by atomic mass is 9.89. The fourth-order valence-corrected chi connectivity index (χ4v) is 5.33. The van der Waals surface area contributed by atoms with Crippen LogP contribution in [-0.2, 0) is 20.7 Å². The molecule has 11 heteroatoms. The Morgan fingerprint density at radius 2 is 1.95 bits per heavy atom. The van der Waals surface area contributed by atoms with Gasteiger partial charge in [-0.15, -0.1) is 0 Å². The highest BCUT2D eigenvalue weighted by atomic mass is 32.2. The molecule has 2 aliphatic rings. The predicted molar refractivity (Wildman–Crippen MR) is 143 cm³/mol. The maximum Gasteiger partial charge on any atom is 0.434 e. The molecule has 1 N–H and O–H groups in total. The van der Waals surface area contributed by atoms with Crippen molar-refractivity contribution >= 4 is 28.8 Å². The Hall–Kier alpha value is -3.60. The summed E-state index contributed by atoms with van der Waals surface area (Å²) >= 11 is 0.991. The maximum absolute atomic E-state index is 14.3. The second kappa shape index (κ2) is 11.6. The largest absolute Gasteiger partial charge is 0.459 e. The average molecular weight is 559 g/mol. The maximum atomic E-state index is 14.3. The van der Waals surface area contributed by atoms with Crippen molar-refractivity contribution in [3.05, 3.63) is 87.4 Å². The zero-order valence-corrected chi connectivity index (χ0v) is 22.8. The number of amidine groups is 1. The molecule has 0 saturated heterocycles. The van der Waals surface area contributed by atoms with Gasteiger partial charge in [-0.25, -0.2) is 9.79 Å². The minimum atomic E-state index is -4.90. The van der Waals surface area contributed by atoms with Gasteiger partial charge in [0, 0.05) is 30.6 Å². The van der Waals surface area contributed by atoms with Gasteiger partial charge in [-0.1, -0.05) is 41.6 Å². The van der Waals surface area contributed by atoms with E-state index >= 15 is 0 Å². The summed E-state index contributed by atoms with van der Waals surface area (Å²) in [6.07, 6.45) is -3.44. The number of carbonyl (C=O) groups is 2. The zero-order valence-electron chi connectivity index (χ0n) is 22.0. The van der Waals surface area contributed by atoms with Gasteiger partial charge in [0.2, 0.25) is 5.91 Å². The SMILES string of the molecule is Cc1ccc(C)c([C@H]2C(C(=O)OC(C)C)=C(C(F)(F)F)N=C3SC=C(CC(=O)NCCc4ccccn4)N32)c1. The number of ether oxygens (including phenoxy) is 1. The third-order valence-electron chi connectivity index (χ3n) is 6.14. The van der Waals surface area contributed by atoms with Crippen molar-refractivity contribution < 1.29 is 27.5 Å². The molecule has 0 aliphatic carbocycles. The van der Waals surface area contributed by atoms with E-state index in [1.807, 2.05) is 25.1 Å². The summed E-state index contributed by atoms with van der Waals surface area (Å²) in [5.41, 5.74) is 1.39. The molecule has 1 amide bonds. The molecule has 1 atom stereocenters. The molecule has 7 nitrogen and oxygen atoms in total. The van der Waals surface area contributed by atoms with Crippen molar-refractivity contribution in [3.8, 4) is 0 Å². The first-order chi connectivity index (χ1) is 18.5. The number of halogens is 3. The monoisotopic (exact) mass is 558 g/mol. The van der Waals surface area contributed by atoms with Crippen LogP contribution in [0.25, 0.3) is 0 Å². The highest BCUT2D eigenvalue weighted by Crippen LogP contribution is 2.48. The lowest BCUT2D eigenvalue weighted by Crippen LogP contribution is -2.40. The average Bonchev–Trinajstić information content (AvgIpc) is 3.26. The van der Waals surface area contributed by atoms with Crippen molar-refractivity contribution in [2.24, 2.45) is 4.99 Å². The molecule has 0 bridgehead atoms. The fourth-order valence-electron chi connectivity index (χ4n) is 4.41. The second-order valence-electron chi connectivity index (χ2n) is 9.57. The molecular weight excluding hydrogens is 529 g/mol. The number of nitrogens with one attached hydrogen (secondary N) is 1. The highest BCUT2D eigenvalue weighted by Gasteiger charge is 2.49. The number of thioether (sulfide) groups is 1. The van der Waals surface area contributed by atoms with Crippen molar-refractivity contribution in [1.29, 1.82) is 0 Å². The van der Waals surface area contributed by atoms with Crippen LogP contribution >= 0.6 is 11.8 Å². The number of alkyl halides is 3. The number of amides is 1. The number of fused-ring (bicyclic) bond motifs is 1. The Labute approximate surface area is 229 Å². The normalized spacial score (nSPS) is 17.1. The molecule has 0 saturated carbocycles. The quantitative estimate of drug-likeness (QED) is 0.430. The van der Waals surface area contributed by atoms with Crippen LogP contribution in [-0.4, -0.2) is 45.8 Å². The van der Waals surface area contributed by atoms with E-state index in [4.69, 9.17) is 4.74 Å². The smallest absolute Gasteiger partial charge is 0.434 e. The minimum Gasteiger partial charge on any atom is -0.459 e. The number of hydrogen-bond acceptors (Lipinski definition) is 7. The van der Waals surface area contributed by atoms with Gasteiger partial charge in [0.25, 0.3) is 0 Å². The van der Waals surface area contributed by atoms with Crippen LogP contribution in [0.3, 0.4) is 0 Å². The van der Waals surface area contributed by atoms with Crippen LogP contribution in [0.4, 0.5) is 13.2 Å². The second-order valence-corrected chi connectivity index (χ2v) is 10.4. The summed E-state index contributed by atoms with van der Waals surface area (Å²) in [6, 6.07) is 9.75. The number of aryl methyl sites for hydroxylation is 2. The lowest BCUT2D eigenvalue weighted by Gasteiger charge is -2.37. The van der Waals surface area contributed by atoms with E-state index < -0.39 is 35.6 Å². The van der Waals surface area contributed by atoms with Crippen LogP contribution in [0.15, 0.2) is 70.0 Å². The Bertz CT molecular complexity index is 1350. The Morgan fingerprint density at radius 1 is 1.18 bits per heavy atom. The number of carbonyl (C=O) groups excluding carboxylic acids is 2. The van der Waals surface area contributed by atoms with Crippen LogP contribution in [0.5, 0.6) is 0 Å². The van der Waals surface area contributed by atoms with Crippen molar-refractivity contribution in [2.45, 2.75) is 58.9 Å². The topological polar surface area (TPSA) is 83.9 Å². The van der Waals surface area contributed by atoms with Gasteiger partial charge in [-0.2, -0.15) is 13.2 Å². The number of hydrogen-bond donors (Lipinski definition) is 1. The Morgan fingerprint density at radius 3 is 2.62 bits per heavy atom. The molecule has 0 spiro atoms. The highest BCUT2D eigenvalue weighted by molar-refractivity contribution is 8.16. The van der Waals surface area contributed by atoms with Crippen molar-refractivity contribution in [3.63, 3.8) is 0 Å². The number of esters is 1. The summed E-state index contributed by atoms with van der Waals surface area (Å²) in [5.74, 6) is -1.40. The van der Waals surface area contributed by atoms with E-state index in [1.165, 1.54) is 0 Å². The van der Waals surface area contributed by atoms with E-state index in [9.17, 15) is 22.8 Å². The molecule has 2 aromatic rings. The number of aromatic nitrogens is 1. The Balaban J connectivity index is 1.69. The first kappa shape index (κ1) is 28.4. The third kappa shape index (κ3) is 6.52. The lowest BCUT2D eigenvalue weighted by molar-refractivity contribution is -0.145. The van der Waals surface area contributed by atoms with Gasteiger partial charge in [0.15, 0.2) is 10.9 Å². The minimum absolute atomic E-state index is 0.0469. The van der Waals surface area contributed by atoms with E-state index in [2.05, 4.69) is 15.3 Å².